The summed E-state index contributed by atoms with van der Waals surface area (Å²) in [6.07, 6.45) is 0.369. The molecule has 0 bridgehead atoms. The number of phenolic OH excluding ortho intramolecular Hbond substituents is 1. The Labute approximate surface area is 164 Å². The van der Waals surface area contributed by atoms with Crippen LogP contribution in [0.25, 0.3) is 10.8 Å². The first-order valence-electron chi connectivity index (χ1n) is 9.57. The van der Waals surface area contributed by atoms with Crippen LogP contribution in [0.15, 0.2) is 60.7 Å². The van der Waals surface area contributed by atoms with Gasteiger partial charge in [-0.1, -0.05) is 36.4 Å². The van der Waals surface area contributed by atoms with E-state index in [1.807, 2.05) is 12.1 Å². The number of phenols is 1. The van der Waals surface area contributed by atoms with Gasteiger partial charge in [0.2, 0.25) is 0 Å². The lowest BCUT2D eigenvalue weighted by Gasteiger charge is -2.30. The zero-order valence-electron chi connectivity index (χ0n) is 15.6. The van der Waals surface area contributed by atoms with Crippen molar-refractivity contribution in [3.05, 3.63) is 77.4 Å². The van der Waals surface area contributed by atoms with Crippen LogP contribution < -0.4 is 5.32 Å². The summed E-state index contributed by atoms with van der Waals surface area (Å²) >= 11 is 0. The number of aliphatic hydroxyl groups excluding tert-OH is 1. The zero-order chi connectivity index (χ0) is 19.5. The average molecular weight is 376 g/mol. The van der Waals surface area contributed by atoms with Crippen LogP contribution >= 0.6 is 0 Å². The Balaban J connectivity index is 1.31. The zero-order valence-corrected chi connectivity index (χ0v) is 15.6. The molecule has 1 atom stereocenters. The standard InChI is InChI=1S/C23H24N2O3/c26-21-8-7-17-11-19(6-5-18(17)12-21)23(28)24-13-22(27)15-25-10-9-16-3-1-2-4-20(16)14-25/h1-8,11-12,22,26-27H,9-10,13-15H2,(H,24,28)/t22-/m0/s1. The molecular formula is C23H24N2O3. The Morgan fingerprint density at radius 1 is 1.04 bits per heavy atom. The molecule has 0 spiro atoms. The summed E-state index contributed by atoms with van der Waals surface area (Å²) < 4.78 is 0. The van der Waals surface area contributed by atoms with Gasteiger partial charge in [-0.25, -0.2) is 0 Å². The second-order valence-electron chi connectivity index (χ2n) is 7.36. The largest absolute Gasteiger partial charge is 0.508 e. The van der Waals surface area contributed by atoms with Crippen molar-refractivity contribution >= 4 is 16.7 Å². The number of benzene rings is 3. The van der Waals surface area contributed by atoms with Crippen molar-refractivity contribution in [2.45, 2.75) is 19.1 Å². The Hall–Kier alpha value is -2.89. The van der Waals surface area contributed by atoms with E-state index in [9.17, 15) is 15.0 Å². The first-order valence-corrected chi connectivity index (χ1v) is 9.57. The van der Waals surface area contributed by atoms with E-state index >= 15 is 0 Å². The smallest absolute Gasteiger partial charge is 0.251 e. The minimum atomic E-state index is -0.619. The summed E-state index contributed by atoms with van der Waals surface area (Å²) in [6, 6.07) is 18.8. The Bertz CT molecular complexity index is 1000. The highest BCUT2D eigenvalue weighted by Gasteiger charge is 2.19. The predicted molar refractivity (Wildman–Crippen MR) is 109 cm³/mol. The van der Waals surface area contributed by atoms with Crippen LogP contribution in [-0.2, 0) is 13.0 Å². The topological polar surface area (TPSA) is 72.8 Å². The van der Waals surface area contributed by atoms with Crippen molar-refractivity contribution in [2.75, 3.05) is 19.6 Å². The summed E-state index contributed by atoms with van der Waals surface area (Å²) in [5.41, 5.74) is 3.23. The lowest BCUT2D eigenvalue weighted by molar-refractivity contribution is 0.0842. The van der Waals surface area contributed by atoms with Gasteiger partial charge in [-0.2, -0.15) is 0 Å². The maximum absolute atomic E-state index is 12.4. The van der Waals surface area contributed by atoms with Crippen LogP contribution in [0.1, 0.15) is 21.5 Å². The van der Waals surface area contributed by atoms with Crippen molar-refractivity contribution in [3.8, 4) is 5.75 Å². The molecule has 5 heteroatoms. The molecule has 0 aliphatic carbocycles. The molecule has 3 aromatic carbocycles. The van der Waals surface area contributed by atoms with Gasteiger partial charge >= 0.3 is 0 Å². The Morgan fingerprint density at radius 2 is 1.79 bits per heavy atom. The SMILES string of the molecule is O=C(NC[C@H](O)CN1CCc2ccccc2C1)c1ccc2cc(O)ccc2c1. The third kappa shape index (κ3) is 4.16. The summed E-state index contributed by atoms with van der Waals surface area (Å²) in [5, 5.41) is 24.5. The van der Waals surface area contributed by atoms with Crippen LogP contribution in [0, 0.1) is 0 Å². The molecule has 0 radical (unpaired) electrons. The number of hydrogen-bond acceptors (Lipinski definition) is 4. The number of amides is 1. The number of nitrogens with one attached hydrogen (secondary N) is 1. The van der Waals surface area contributed by atoms with E-state index in [0.717, 1.165) is 30.3 Å². The second kappa shape index (κ2) is 8.00. The fourth-order valence-electron chi connectivity index (χ4n) is 3.76. The lowest BCUT2D eigenvalue weighted by atomic mass is 10.00. The Kier molecular flexibility index (Phi) is 5.28. The summed E-state index contributed by atoms with van der Waals surface area (Å²) in [7, 11) is 0. The van der Waals surface area contributed by atoms with Gasteiger partial charge in [0.25, 0.3) is 5.91 Å². The molecule has 28 heavy (non-hydrogen) atoms. The highest BCUT2D eigenvalue weighted by molar-refractivity contribution is 5.98. The van der Waals surface area contributed by atoms with Gasteiger partial charge < -0.3 is 15.5 Å². The number of carbonyl (C=O) groups is 1. The van der Waals surface area contributed by atoms with Gasteiger partial charge in [0, 0.05) is 31.7 Å². The minimum Gasteiger partial charge on any atom is -0.508 e. The van der Waals surface area contributed by atoms with Crippen LogP contribution in [0.3, 0.4) is 0 Å². The molecule has 0 saturated carbocycles. The number of aromatic hydroxyl groups is 1. The van der Waals surface area contributed by atoms with E-state index in [4.69, 9.17) is 0 Å². The first-order chi connectivity index (χ1) is 13.6. The third-order valence-electron chi connectivity index (χ3n) is 5.26. The van der Waals surface area contributed by atoms with Gasteiger partial charge in [0.05, 0.1) is 6.10 Å². The van der Waals surface area contributed by atoms with Gasteiger partial charge in [0.15, 0.2) is 0 Å². The van der Waals surface area contributed by atoms with Gasteiger partial charge in [0.1, 0.15) is 5.75 Å². The number of β-amino-alcohol motifs (C(OH)–C–C–N with tert-alkyl or cyclic N) is 1. The number of aliphatic hydroxyl groups is 1. The molecule has 144 valence electrons. The van der Waals surface area contributed by atoms with Gasteiger partial charge in [-0.15, -0.1) is 0 Å². The molecule has 0 unspecified atom stereocenters. The fourth-order valence-corrected chi connectivity index (χ4v) is 3.76. The van der Waals surface area contributed by atoms with Crippen LogP contribution in [-0.4, -0.2) is 46.8 Å². The number of rotatable bonds is 5. The monoisotopic (exact) mass is 376 g/mol. The Morgan fingerprint density at radius 3 is 2.64 bits per heavy atom. The average Bonchev–Trinajstić information content (AvgIpc) is 2.71. The maximum Gasteiger partial charge on any atom is 0.251 e. The van der Waals surface area contributed by atoms with Crippen molar-refractivity contribution < 1.29 is 15.0 Å². The molecule has 1 amide bonds. The lowest BCUT2D eigenvalue weighted by Crippen LogP contribution is -2.42. The maximum atomic E-state index is 12.4. The fraction of sp³-hybridized carbons (Fsp3) is 0.261. The number of hydrogen-bond donors (Lipinski definition) is 3. The van der Waals surface area contributed by atoms with Crippen molar-refractivity contribution in [3.63, 3.8) is 0 Å². The van der Waals surface area contributed by atoms with E-state index in [0.29, 0.717) is 12.1 Å². The molecule has 0 saturated heterocycles. The van der Waals surface area contributed by atoms with E-state index < -0.39 is 6.10 Å². The number of fused-ring (bicyclic) bond motifs is 2. The molecule has 1 heterocycles. The van der Waals surface area contributed by atoms with Crippen molar-refractivity contribution in [1.82, 2.24) is 10.2 Å². The normalized spacial score (nSPS) is 15.2. The van der Waals surface area contributed by atoms with Crippen molar-refractivity contribution in [1.29, 1.82) is 0 Å². The molecular weight excluding hydrogens is 352 g/mol. The predicted octanol–water partition coefficient (Wildman–Crippen LogP) is 2.69. The molecule has 1 aliphatic heterocycles. The van der Waals surface area contributed by atoms with Gasteiger partial charge in [-0.3, -0.25) is 9.69 Å². The highest BCUT2D eigenvalue weighted by Crippen LogP contribution is 2.21. The van der Waals surface area contributed by atoms with E-state index in [-0.39, 0.29) is 18.2 Å². The van der Waals surface area contributed by atoms with Crippen molar-refractivity contribution in [2.24, 2.45) is 0 Å². The molecule has 1 aliphatic rings. The number of nitrogens with zero attached hydrogens (tertiary/aromatic N) is 1. The van der Waals surface area contributed by atoms with Gasteiger partial charge in [-0.05, 0) is 52.6 Å². The third-order valence-corrected chi connectivity index (χ3v) is 5.26. The highest BCUT2D eigenvalue weighted by atomic mass is 16.3. The molecule has 3 aromatic rings. The summed E-state index contributed by atoms with van der Waals surface area (Å²) in [5.74, 6) is -0.00817. The summed E-state index contributed by atoms with van der Waals surface area (Å²) in [6.45, 7) is 2.49. The first kappa shape index (κ1) is 18.5. The molecule has 0 aromatic heterocycles. The second-order valence-corrected chi connectivity index (χ2v) is 7.36. The van der Waals surface area contributed by atoms with Crippen LogP contribution in [0.2, 0.25) is 0 Å². The van der Waals surface area contributed by atoms with E-state index in [2.05, 4.69) is 28.4 Å². The number of carbonyl (C=O) groups excluding carboxylic acids is 1. The quantitative estimate of drug-likeness (QED) is 0.640. The molecule has 4 rings (SSSR count). The van der Waals surface area contributed by atoms with E-state index in [1.54, 1.807) is 30.3 Å². The minimum absolute atomic E-state index is 0.202. The van der Waals surface area contributed by atoms with E-state index in [1.165, 1.54) is 11.1 Å². The molecule has 0 fully saturated rings. The van der Waals surface area contributed by atoms with Crippen LogP contribution in [0.5, 0.6) is 5.75 Å². The van der Waals surface area contributed by atoms with Crippen LogP contribution in [0.4, 0.5) is 0 Å². The molecule has 3 N–H and O–H groups in total. The summed E-state index contributed by atoms with van der Waals surface area (Å²) in [4.78, 5) is 14.7. The molecule has 5 nitrogen and oxygen atoms in total.